The average Bonchev–Trinajstić information content (AvgIpc) is 2.55. The molecule has 4 nitrogen and oxygen atoms in total. The van der Waals surface area contributed by atoms with Crippen molar-refractivity contribution in [1.82, 2.24) is 0 Å². The van der Waals surface area contributed by atoms with Gasteiger partial charge in [0.2, 0.25) is 0 Å². The maximum atomic E-state index is 11.9. The number of rotatable bonds is 6. The van der Waals surface area contributed by atoms with Gasteiger partial charge in [0, 0.05) is 6.42 Å². The van der Waals surface area contributed by atoms with E-state index in [0.717, 1.165) is 11.1 Å². The van der Waals surface area contributed by atoms with E-state index in [1.807, 2.05) is 60.7 Å². The highest BCUT2D eigenvalue weighted by Crippen LogP contribution is 2.06. The molecule has 0 amide bonds. The molecule has 0 fully saturated rings. The molecule has 1 N–H and O–H groups in total. The van der Waals surface area contributed by atoms with Crippen molar-refractivity contribution in [1.29, 1.82) is 0 Å². The second-order valence-electron chi connectivity index (χ2n) is 4.59. The molecule has 0 aliphatic heterocycles. The summed E-state index contributed by atoms with van der Waals surface area (Å²) in [6.45, 7) is 0.171. The van der Waals surface area contributed by atoms with E-state index in [1.165, 1.54) is 0 Å². The van der Waals surface area contributed by atoms with Crippen LogP contribution in [0.2, 0.25) is 0 Å². The molecule has 0 saturated heterocycles. The lowest BCUT2D eigenvalue weighted by Gasteiger charge is -2.06. The summed E-state index contributed by atoms with van der Waals surface area (Å²) in [5.41, 5.74) is 2.01. The van der Waals surface area contributed by atoms with Crippen molar-refractivity contribution in [2.75, 3.05) is 0 Å². The predicted octanol–water partition coefficient (Wildman–Crippen LogP) is 3.19. The molecule has 4 heteroatoms. The molecule has 2 aromatic carbocycles. The molecule has 0 heterocycles. The zero-order valence-electron chi connectivity index (χ0n) is 11.6. The Labute approximate surface area is 123 Å². The average molecular weight is 283 g/mol. The van der Waals surface area contributed by atoms with Gasteiger partial charge in [0.05, 0.1) is 0 Å². The van der Waals surface area contributed by atoms with E-state index in [-0.39, 0.29) is 12.3 Å². The Morgan fingerprint density at radius 3 is 2.10 bits per heavy atom. The molecule has 21 heavy (non-hydrogen) atoms. The maximum Gasteiger partial charge on any atom is 0.356 e. The molecule has 0 aliphatic rings. The van der Waals surface area contributed by atoms with Gasteiger partial charge in [-0.15, -0.1) is 0 Å². The molecule has 0 unspecified atom stereocenters. The topological polar surface area (TPSA) is 58.9 Å². The van der Waals surface area contributed by atoms with Crippen LogP contribution in [0.3, 0.4) is 0 Å². The van der Waals surface area contributed by atoms with Crippen LogP contribution in [0.4, 0.5) is 0 Å². The smallest absolute Gasteiger partial charge is 0.356 e. The zero-order chi connectivity index (χ0) is 14.9. The van der Waals surface area contributed by atoms with Crippen LogP contribution >= 0.6 is 0 Å². The highest BCUT2D eigenvalue weighted by Gasteiger charge is 2.14. The summed E-state index contributed by atoms with van der Waals surface area (Å²) >= 11 is 0. The fourth-order valence-corrected chi connectivity index (χ4v) is 1.91. The monoisotopic (exact) mass is 283 g/mol. The summed E-state index contributed by atoms with van der Waals surface area (Å²) < 4.78 is 5.14. The summed E-state index contributed by atoms with van der Waals surface area (Å²) in [5.74, 6) is -0.586. The first-order chi connectivity index (χ1) is 10.3. The number of hydrogen-bond donors (Lipinski definition) is 1. The number of ether oxygens (including phenoxy) is 1. The minimum absolute atomic E-state index is 0.0368. The highest BCUT2D eigenvalue weighted by molar-refractivity contribution is 6.36. The Morgan fingerprint density at radius 2 is 1.52 bits per heavy atom. The lowest BCUT2D eigenvalue weighted by atomic mass is 10.1. The first-order valence-electron chi connectivity index (χ1n) is 6.75. The summed E-state index contributed by atoms with van der Waals surface area (Å²) in [5, 5.41) is 12.0. The predicted molar refractivity (Wildman–Crippen MR) is 80.2 cm³/mol. The molecule has 0 spiro atoms. The second kappa shape index (κ2) is 7.85. The van der Waals surface area contributed by atoms with Crippen LogP contribution in [0.1, 0.15) is 17.5 Å². The van der Waals surface area contributed by atoms with Gasteiger partial charge in [-0.2, -0.15) is 0 Å². The van der Waals surface area contributed by atoms with Gasteiger partial charge in [-0.3, -0.25) is 0 Å². The van der Waals surface area contributed by atoms with E-state index in [4.69, 9.17) is 9.94 Å². The molecular weight excluding hydrogens is 266 g/mol. The van der Waals surface area contributed by atoms with Crippen LogP contribution in [0.25, 0.3) is 0 Å². The van der Waals surface area contributed by atoms with Crippen molar-refractivity contribution in [2.24, 2.45) is 5.16 Å². The maximum absolute atomic E-state index is 11.9. The number of carbonyl (C=O) groups is 1. The van der Waals surface area contributed by atoms with Gasteiger partial charge < -0.3 is 9.94 Å². The van der Waals surface area contributed by atoms with Gasteiger partial charge >= 0.3 is 5.97 Å². The molecule has 0 saturated carbocycles. The number of aryl methyl sites for hydroxylation is 1. The fraction of sp³-hybridized carbons (Fsp3) is 0.176. The van der Waals surface area contributed by atoms with Gasteiger partial charge in [0.25, 0.3) is 0 Å². The Hall–Kier alpha value is -2.62. The van der Waals surface area contributed by atoms with Crippen molar-refractivity contribution in [2.45, 2.75) is 19.4 Å². The van der Waals surface area contributed by atoms with Crippen molar-refractivity contribution < 1.29 is 14.7 Å². The van der Waals surface area contributed by atoms with Gasteiger partial charge in [0.1, 0.15) is 6.61 Å². The van der Waals surface area contributed by atoms with Crippen LogP contribution in [-0.2, 0) is 22.6 Å². The van der Waals surface area contributed by atoms with Gasteiger partial charge in [-0.25, -0.2) is 4.79 Å². The first-order valence-corrected chi connectivity index (χ1v) is 6.75. The van der Waals surface area contributed by atoms with E-state index in [0.29, 0.717) is 12.8 Å². The zero-order valence-corrected chi connectivity index (χ0v) is 11.6. The number of esters is 1. The fourth-order valence-electron chi connectivity index (χ4n) is 1.91. The summed E-state index contributed by atoms with van der Waals surface area (Å²) in [4.78, 5) is 11.9. The summed E-state index contributed by atoms with van der Waals surface area (Å²) in [7, 11) is 0. The van der Waals surface area contributed by atoms with Gasteiger partial charge in [-0.05, 0) is 17.5 Å². The van der Waals surface area contributed by atoms with Crippen molar-refractivity contribution in [3.63, 3.8) is 0 Å². The third kappa shape index (κ3) is 4.76. The second-order valence-corrected chi connectivity index (χ2v) is 4.59. The van der Waals surface area contributed by atoms with Crippen LogP contribution in [0.5, 0.6) is 0 Å². The quantitative estimate of drug-likeness (QED) is 0.383. The SMILES string of the molecule is O=C(OCc1ccccc1)C(CCc1ccccc1)=NO. The molecular formula is C17H17NO3. The Kier molecular flexibility index (Phi) is 5.52. The normalized spacial score (nSPS) is 11.1. The van der Waals surface area contributed by atoms with E-state index >= 15 is 0 Å². The van der Waals surface area contributed by atoms with Crippen molar-refractivity contribution in [3.05, 3.63) is 71.8 Å². The third-order valence-corrected chi connectivity index (χ3v) is 3.06. The van der Waals surface area contributed by atoms with E-state index in [1.54, 1.807) is 0 Å². The molecule has 0 bridgehead atoms. The van der Waals surface area contributed by atoms with Crippen molar-refractivity contribution >= 4 is 11.7 Å². The van der Waals surface area contributed by atoms with Crippen LogP contribution in [0.15, 0.2) is 65.8 Å². The molecule has 0 aromatic heterocycles. The standard InChI is InChI=1S/C17H17NO3/c19-17(21-13-15-9-5-2-6-10-15)16(18-20)12-11-14-7-3-1-4-8-14/h1-10,20H,11-13H2. The van der Waals surface area contributed by atoms with E-state index < -0.39 is 5.97 Å². The van der Waals surface area contributed by atoms with Crippen molar-refractivity contribution in [3.8, 4) is 0 Å². The lowest BCUT2D eigenvalue weighted by molar-refractivity contribution is -0.137. The molecule has 108 valence electrons. The minimum Gasteiger partial charge on any atom is -0.456 e. The molecule has 0 aliphatic carbocycles. The lowest BCUT2D eigenvalue weighted by Crippen LogP contribution is -2.18. The Morgan fingerprint density at radius 1 is 0.952 bits per heavy atom. The van der Waals surface area contributed by atoms with Crippen LogP contribution < -0.4 is 0 Å². The number of carbonyl (C=O) groups excluding carboxylic acids is 1. The largest absolute Gasteiger partial charge is 0.456 e. The summed E-state index contributed by atoms with van der Waals surface area (Å²) in [6, 6.07) is 19.1. The number of hydrogen-bond acceptors (Lipinski definition) is 4. The highest BCUT2D eigenvalue weighted by atomic mass is 16.5. The number of nitrogens with zero attached hydrogens (tertiary/aromatic N) is 1. The van der Waals surface area contributed by atoms with E-state index in [2.05, 4.69) is 5.16 Å². The molecule has 0 atom stereocenters. The number of benzene rings is 2. The summed E-state index contributed by atoms with van der Waals surface area (Å²) in [6.07, 6.45) is 0.967. The Bertz CT molecular complexity index is 594. The Balaban J connectivity index is 1.84. The van der Waals surface area contributed by atoms with Crippen LogP contribution in [0, 0.1) is 0 Å². The van der Waals surface area contributed by atoms with Gasteiger partial charge in [0.15, 0.2) is 5.71 Å². The van der Waals surface area contributed by atoms with Gasteiger partial charge in [-0.1, -0.05) is 65.8 Å². The van der Waals surface area contributed by atoms with E-state index in [9.17, 15) is 4.79 Å². The first kappa shape index (κ1) is 14.8. The molecule has 2 rings (SSSR count). The molecule has 2 aromatic rings. The molecule has 0 radical (unpaired) electrons. The van der Waals surface area contributed by atoms with Crippen LogP contribution in [-0.4, -0.2) is 16.9 Å². The third-order valence-electron chi connectivity index (χ3n) is 3.06. The number of oxime groups is 1. The minimum atomic E-state index is -0.586.